The fourth-order valence-corrected chi connectivity index (χ4v) is 2.64. The molecule has 0 aliphatic carbocycles. The SMILES string of the molecule is Cc1ccc(NS(=O)(=O)c2cnc(Cl)c(Cl)c2)cn1. The van der Waals surface area contributed by atoms with Crippen LogP contribution in [0.15, 0.2) is 35.5 Å². The lowest BCUT2D eigenvalue weighted by Crippen LogP contribution is -2.13. The number of nitrogens with one attached hydrogen (secondary N) is 1. The molecule has 19 heavy (non-hydrogen) atoms. The van der Waals surface area contributed by atoms with Crippen molar-refractivity contribution >= 4 is 38.9 Å². The summed E-state index contributed by atoms with van der Waals surface area (Å²) in [6.07, 6.45) is 2.57. The van der Waals surface area contributed by atoms with E-state index >= 15 is 0 Å². The topological polar surface area (TPSA) is 72.0 Å². The molecule has 2 aromatic heterocycles. The summed E-state index contributed by atoms with van der Waals surface area (Å²) in [6.45, 7) is 1.81. The molecule has 2 heterocycles. The fraction of sp³-hybridized carbons (Fsp3) is 0.0909. The van der Waals surface area contributed by atoms with E-state index in [2.05, 4.69) is 14.7 Å². The van der Waals surface area contributed by atoms with Gasteiger partial charge in [-0.1, -0.05) is 23.2 Å². The molecule has 2 aromatic rings. The first-order valence-electron chi connectivity index (χ1n) is 5.15. The van der Waals surface area contributed by atoms with Gasteiger partial charge in [0.15, 0.2) is 0 Å². The third-order valence-corrected chi connectivity index (χ3v) is 4.28. The largest absolute Gasteiger partial charge is 0.278 e. The van der Waals surface area contributed by atoms with Crippen molar-refractivity contribution in [2.24, 2.45) is 0 Å². The number of pyridine rings is 2. The van der Waals surface area contributed by atoms with Gasteiger partial charge in [0, 0.05) is 11.9 Å². The van der Waals surface area contributed by atoms with E-state index in [1.165, 1.54) is 12.3 Å². The predicted molar refractivity (Wildman–Crippen MR) is 74.0 cm³/mol. The van der Waals surface area contributed by atoms with Crippen LogP contribution in [0.25, 0.3) is 0 Å². The highest BCUT2D eigenvalue weighted by Crippen LogP contribution is 2.23. The summed E-state index contributed by atoms with van der Waals surface area (Å²) in [4.78, 5) is 7.63. The maximum Gasteiger partial charge on any atom is 0.263 e. The zero-order valence-corrected chi connectivity index (χ0v) is 12.1. The normalized spacial score (nSPS) is 11.3. The van der Waals surface area contributed by atoms with Gasteiger partial charge in [-0.3, -0.25) is 9.71 Å². The van der Waals surface area contributed by atoms with Crippen LogP contribution < -0.4 is 4.72 Å². The summed E-state index contributed by atoms with van der Waals surface area (Å²) >= 11 is 11.4. The Hall–Kier alpha value is -1.37. The fourth-order valence-electron chi connectivity index (χ4n) is 1.29. The highest BCUT2D eigenvalue weighted by atomic mass is 35.5. The van der Waals surface area contributed by atoms with E-state index in [0.29, 0.717) is 5.69 Å². The first-order chi connectivity index (χ1) is 8.88. The van der Waals surface area contributed by atoms with Crippen molar-refractivity contribution in [1.82, 2.24) is 9.97 Å². The molecule has 2 rings (SSSR count). The van der Waals surface area contributed by atoms with E-state index in [-0.39, 0.29) is 15.1 Å². The molecule has 0 atom stereocenters. The zero-order chi connectivity index (χ0) is 14.0. The molecule has 1 N–H and O–H groups in total. The number of nitrogens with zero attached hydrogens (tertiary/aromatic N) is 2. The number of rotatable bonds is 3. The second-order valence-electron chi connectivity index (χ2n) is 3.74. The van der Waals surface area contributed by atoms with Crippen LogP contribution in [0.2, 0.25) is 10.2 Å². The summed E-state index contributed by atoms with van der Waals surface area (Å²) in [6, 6.07) is 4.55. The van der Waals surface area contributed by atoms with Gasteiger partial charge in [-0.15, -0.1) is 0 Å². The molecule has 0 amide bonds. The van der Waals surface area contributed by atoms with E-state index in [9.17, 15) is 8.42 Å². The van der Waals surface area contributed by atoms with E-state index in [0.717, 1.165) is 11.9 Å². The van der Waals surface area contributed by atoms with Gasteiger partial charge in [0.05, 0.1) is 16.9 Å². The molecule has 0 aromatic carbocycles. The van der Waals surface area contributed by atoms with Gasteiger partial charge in [-0.05, 0) is 25.1 Å². The molecule has 0 saturated carbocycles. The number of hydrogen-bond acceptors (Lipinski definition) is 4. The lowest BCUT2D eigenvalue weighted by atomic mass is 10.4. The molecular formula is C11H9Cl2N3O2S. The molecule has 5 nitrogen and oxygen atoms in total. The van der Waals surface area contributed by atoms with Gasteiger partial charge in [0.2, 0.25) is 0 Å². The van der Waals surface area contributed by atoms with E-state index in [1.807, 2.05) is 0 Å². The Morgan fingerprint density at radius 2 is 1.89 bits per heavy atom. The Balaban J connectivity index is 2.32. The minimum absolute atomic E-state index is 0.0534. The average molecular weight is 318 g/mol. The molecule has 8 heteroatoms. The van der Waals surface area contributed by atoms with Crippen LogP contribution in [0.3, 0.4) is 0 Å². The molecular weight excluding hydrogens is 309 g/mol. The van der Waals surface area contributed by atoms with Crippen molar-refractivity contribution in [2.75, 3.05) is 4.72 Å². The van der Waals surface area contributed by atoms with Crippen LogP contribution in [0.4, 0.5) is 5.69 Å². The quantitative estimate of drug-likeness (QED) is 0.883. The highest BCUT2D eigenvalue weighted by molar-refractivity contribution is 7.92. The van der Waals surface area contributed by atoms with Crippen LogP contribution in [-0.4, -0.2) is 18.4 Å². The Morgan fingerprint density at radius 1 is 1.16 bits per heavy atom. The van der Waals surface area contributed by atoms with E-state index in [4.69, 9.17) is 23.2 Å². The number of sulfonamides is 1. The van der Waals surface area contributed by atoms with E-state index < -0.39 is 10.0 Å². The Labute approximate surface area is 120 Å². The van der Waals surface area contributed by atoms with Gasteiger partial charge in [0.1, 0.15) is 10.0 Å². The molecule has 100 valence electrons. The van der Waals surface area contributed by atoms with Gasteiger partial charge in [-0.25, -0.2) is 13.4 Å². The Morgan fingerprint density at radius 3 is 2.47 bits per heavy atom. The maximum absolute atomic E-state index is 12.1. The van der Waals surface area contributed by atoms with E-state index in [1.54, 1.807) is 19.1 Å². The molecule has 0 aliphatic heterocycles. The standard InChI is InChI=1S/C11H9Cl2N3O2S/c1-7-2-3-8(5-14-7)16-19(17,18)9-4-10(12)11(13)15-6-9/h2-6,16H,1H3. The molecule has 0 bridgehead atoms. The van der Waals surface area contributed by atoms with Crippen molar-refractivity contribution in [3.05, 3.63) is 46.5 Å². The number of anilines is 1. The molecule has 0 unspecified atom stereocenters. The maximum atomic E-state index is 12.1. The van der Waals surface area contributed by atoms with Crippen molar-refractivity contribution in [1.29, 1.82) is 0 Å². The zero-order valence-electron chi connectivity index (χ0n) is 9.76. The smallest absolute Gasteiger partial charge is 0.263 e. The first kappa shape index (κ1) is 14.0. The highest BCUT2D eigenvalue weighted by Gasteiger charge is 2.16. The number of hydrogen-bond donors (Lipinski definition) is 1. The van der Waals surface area contributed by atoms with Gasteiger partial charge >= 0.3 is 0 Å². The third-order valence-electron chi connectivity index (χ3n) is 2.25. The summed E-state index contributed by atoms with van der Waals surface area (Å²) in [5, 5.41) is 0.129. The van der Waals surface area contributed by atoms with Gasteiger partial charge < -0.3 is 0 Å². The molecule has 0 fully saturated rings. The van der Waals surface area contributed by atoms with Gasteiger partial charge in [0.25, 0.3) is 10.0 Å². The second-order valence-corrected chi connectivity index (χ2v) is 6.19. The van der Waals surface area contributed by atoms with Crippen LogP contribution in [0, 0.1) is 6.92 Å². The van der Waals surface area contributed by atoms with Crippen LogP contribution in [0.1, 0.15) is 5.69 Å². The monoisotopic (exact) mass is 317 g/mol. The number of aromatic nitrogens is 2. The number of halogens is 2. The molecule has 0 saturated heterocycles. The van der Waals surface area contributed by atoms with Gasteiger partial charge in [-0.2, -0.15) is 0 Å². The second kappa shape index (κ2) is 5.32. The summed E-state index contributed by atoms with van der Waals surface area (Å²) in [5.41, 5.74) is 1.15. The third kappa shape index (κ3) is 3.34. The van der Waals surface area contributed by atoms with Crippen molar-refractivity contribution in [2.45, 2.75) is 11.8 Å². The van der Waals surface area contributed by atoms with Crippen LogP contribution in [0.5, 0.6) is 0 Å². The summed E-state index contributed by atoms with van der Waals surface area (Å²) in [7, 11) is -3.76. The lowest BCUT2D eigenvalue weighted by Gasteiger charge is -2.08. The number of aryl methyl sites for hydroxylation is 1. The van der Waals surface area contributed by atoms with Crippen molar-refractivity contribution in [3.8, 4) is 0 Å². The molecule has 0 radical (unpaired) electrons. The van der Waals surface area contributed by atoms with Crippen LogP contribution in [-0.2, 0) is 10.0 Å². The van der Waals surface area contributed by atoms with Crippen LogP contribution >= 0.6 is 23.2 Å². The first-order valence-corrected chi connectivity index (χ1v) is 7.39. The average Bonchev–Trinajstić information content (AvgIpc) is 2.35. The molecule has 0 spiro atoms. The lowest BCUT2D eigenvalue weighted by molar-refractivity contribution is 0.601. The summed E-state index contributed by atoms with van der Waals surface area (Å²) < 4.78 is 26.5. The Kier molecular flexibility index (Phi) is 3.93. The molecule has 0 aliphatic rings. The van der Waals surface area contributed by atoms with Crippen molar-refractivity contribution in [3.63, 3.8) is 0 Å². The Bertz CT molecular complexity index is 702. The minimum Gasteiger partial charge on any atom is -0.278 e. The van der Waals surface area contributed by atoms with Crippen molar-refractivity contribution < 1.29 is 8.42 Å². The predicted octanol–water partition coefficient (Wildman–Crippen LogP) is 2.89. The summed E-state index contributed by atoms with van der Waals surface area (Å²) in [5.74, 6) is 0. The minimum atomic E-state index is -3.76.